The summed E-state index contributed by atoms with van der Waals surface area (Å²) in [5.74, 6) is -1.82. The molecule has 2 atom stereocenters. The normalized spacial score (nSPS) is 17.7. The molecule has 0 aliphatic carbocycles. The highest BCUT2D eigenvalue weighted by molar-refractivity contribution is 7.80. The molecule has 0 spiro atoms. The average molecular weight is 417 g/mol. The van der Waals surface area contributed by atoms with Gasteiger partial charge < -0.3 is 25.7 Å². The van der Waals surface area contributed by atoms with E-state index in [1.807, 2.05) is 44.3 Å². The van der Waals surface area contributed by atoms with Crippen molar-refractivity contribution in [3.05, 3.63) is 36.0 Å². The van der Waals surface area contributed by atoms with Crippen molar-refractivity contribution in [2.45, 2.75) is 39.0 Å². The molecule has 0 bridgehead atoms. The molecule has 154 valence electrons. The third kappa shape index (κ3) is 4.92. The van der Waals surface area contributed by atoms with Crippen LogP contribution in [0.2, 0.25) is 0 Å². The number of aromatic amines is 1. The van der Waals surface area contributed by atoms with Crippen molar-refractivity contribution >= 4 is 45.9 Å². The molecule has 9 heteroatoms. The molecule has 1 aromatic carbocycles. The highest BCUT2D eigenvalue weighted by Crippen LogP contribution is 2.18. The maximum atomic E-state index is 12.7. The van der Waals surface area contributed by atoms with Crippen molar-refractivity contribution in [3.63, 3.8) is 0 Å². The number of Topliss-reactive ketones (excluding diaryl/α,β-unsaturated/α-hetero) is 1. The Balaban J connectivity index is 1.57. The zero-order valence-corrected chi connectivity index (χ0v) is 17.1. The minimum absolute atomic E-state index is 0.0943. The van der Waals surface area contributed by atoms with Crippen molar-refractivity contribution in [2.75, 3.05) is 6.54 Å². The molecule has 29 heavy (non-hydrogen) atoms. The van der Waals surface area contributed by atoms with Crippen LogP contribution in [0.3, 0.4) is 0 Å². The number of H-pyrrole nitrogens is 1. The van der Waals surface area contributed by atoms with Crippen molar-refractivity contribution in [1.29, 1.82) is 0 Å². The number of fused-ring (bicyclic) bond motifs is 1. The zero-order valence-electron chi connectivity index (χ0n) is 16.3. The van der Waals surface area contributed by atoms with Gasteiger partial charge in [0, 0.05) is 29.2 Å². The van der Waals surface area contributed by atoms with Crippen LogP contribution in [0.5, 0.6) is 0 Å². The molecule has 4 N–H and O–H groups in total. The fourth-order valence-electron chi connectivity index (χ4n) is 3.20. The summed E-state index contributed by atoms with van der Waals surface area (Å²) in [6.45, 7) is 4.31. The number of thiocarbonyl (C=S) groups is 1. The molecule has 1 saturated heterocycles. The van der Waals surface area contributed by atoms with E-state index in [2.05, 4.69) is 20.9 Å². The number of piperidine rings is 1. The molecule has 1 aliphatic rings. The van der Waals surface area contributed by atoms with Crippen molar-refractivity contribution < 1.29 is 19.1 Å². The second-order valence-corrected chi connectivity index (χ2v) is 7.64. The van der Waals surface area contributed by atoms with E-state index in [4.69, 9.17) is 17.0 Å². The van der Waals surface area contributed by atoms with Gasteiger partial charge in [-0.25, -0.2) is 0 Å². The Bertz CT molecular complexity index is 939. The van der Waals surface area contributed by atoms with Gasteiger partial charge in [0.15, 0.2) is 0 Å². The number of nitrogens with one attached hydrogen (secondary N) is 4. The number of benzene rings is 1. The Morgan fingerprint density at radius 3 is 2.83 bits per heavy atom. The van der Waals surface area contributed by atoms with E-state index in [0.29, 0.717) is 13.0 Å². The van der Waals surface area contributed by atoms with Gasteiger partial charge in [0.25, 0.3) is 11.1 Å². The third-order valence-electron chi connectivity index (χ3n) is 4.83. The van der Waals surface area contributed by atoms with E-state index in [-0.39, 0.29) is 17.7 Å². The first-order valence-corrected chi connectivity index (χ1v) is 9.88. The Morgan fingerprint density at radius 1 is 1.31 bits per heavy atom. The van der Waals surface area contributed by atoms with Crippen LogP contribution in [0.25, 0.3) is 10.9 Å². The summed E-state index contributed by atoms with van der Waals surface area (Å²) in [4.78, 5) is 39.2. The number of amides is 2. The third-order valence-corrected chi connectivity index (χ3v) is 5.07. The van der Waals surface area contributed by atoms with Crippen LogP contribution in [0.1, 0.15) is 25.8 Å². The van der Waals surface area contributed by atoms with Crippen LogP contribution in [0, 0.1) is 5.92 Å². The van der Waals surface area contributed by atoms with Crippen molar-refractivity contribution in [3.8, 4) is 0 Å². The number of hydrogen-bond acceptors (Lipinski definition) is 5. The lowest BCUT2D eigenvalue weighted by molar-refractivity contribution is -0.142. The molecule has 3 rings (SSSR count). The number of para-hydroxylation sites is 1. The lowest BCUT2D eigenvalue weighted by Gasteiger charge is -2.27. The van der Waals surface area contributed by atoms with E-state index < -0.39 is 29.7 Å². The van der Waals surface area contributed by atoms with Gasteiger partial charge in [-0.2, -0.15) is 0 Å². The first-order valence-electron chi connectivity index (χ1n) is 9.47. The molecule has 2 unspecified atom stereocenters. The van der Waals surface area contributed by atoms with E-state index >= 15 is 0 Å². The Morgan fingerprint density at radius 2 is 2.07 bits per heavy atom. The van der Waals surface area contributed by atoms with E-state index in [1.165, 1.54) is 0 Å². The number of hydrogen-bond donors (Lipinski definition) is 4. The molecule has 0 saturated carbocycles. The van der Waals surface area contributed by atoms with Gasteiger partial charge in [-0.15, -0.1) is 0 Å². The predicted molar refractivity (Wildman–Crippen MR) is 112 cm³/mol. The zero-order chi connectivity index (χ0) is 21.0. The fraction of sp³-hybridized carbons (Fsp3) is 0.400. The highest BCUT2D eigenvalue weighted by Gasteiger charge is 2.33. The van der Waals surface area contributed by atoms with Gasteiger partial charge in [-0.05, 0) is 30.6 Å². The molecule has 2 aromatic rings. The summed E-state index contributed by atoms with van der Waals surface area (Å²) in [7, 11) is 0. The number of aromatic nitrogens is 1. The summed E-state index contributed by atoms with van der Waals surface area (Å²) >= 11 is 5.26. The standard InChI is InChI=1S/C20H24N4O4S/c1-11(2)16(18(26)23-15-7-8-21-19(27)17(15)25)24-20(29)28-10-12-9-22-14-6-4-3-5-13(12)14/h3-6,9,11,15-16,22H,7-8,10H2,1-2H3,(H,21,27)(H,23,26)(H,24,29). The van der Waals surface area contributed by atoms with E-state index in [1.54, 1.807) is 0 Å². The minimum atomic E-state index is -0.819. The van der Waals surface area contributed by atoms with Crippen LogP contribution in [-0.2, 0) is 25.7 Å². The lowest BCUT2D eigenvalue weighted by Crippen LogP contribution is -2.58. The molecule has 2 heterocycles. The second-order valence-electron chi connectivity index (χ2n) is 7.27. The summed E-state index contributed by atoms with van der Waals surface area (Å²) in [6.07, 6.45) is 2.22. The average Bonchev–Trinajstić information content (AvgIpc) is 3.11. The second kappa shape index (κ2) is 9.04. The maximum Gasteiger partial charge on any atom is 0.289 e. The number of carbonyl (C=O) groups excluding carboxylic acids is 3. The molecule has 1 aliphatic heterocycles. The summed E-state index contributed by atoms with van der Waals surface area (Å²) in [6, 6.07) is 6.34. The molecule has 1 fully saturated rings. The number of ether oxygens (including phenoxy) is 1. The van der Waals surface area contributed by atoms with Gasteiger partial charge in [0.2, 0.25) is 11.7 Å². The first-order chi connectivity index (χ1) is 13.9. The largest absolute Gasteiger partial charge is 0.466 e. The quantitative estimate of drug-likeness (QED) is 0.415. The Kier molecular flexibility index (Phi) is 6.48. The van der Waals surface area contributed by atoms with Crippen LogP contribution in [0.4, 0.5) is 0 Å². The van der Waals surface area contributed by atoms with Gasteiger partial charge in [0.05, 0.1) is 6.04 Å². The molecule has 0 radical (unpaired) electrons. The molecular formula is C20H24N4O4S. The van der Waals surface area contributed by atoms with Crippen LogP contribution < -0.4 is 16.0 Å². The van der Waals surface area contributed by atoms with E-state index in [9.17, 15) is 14.4 Å². The fourth-order valence-corrected chi connectivity index (χ4v) is 3.39. The summed E-state index contributed by atoms with van der Waals surface area (Å²) in [5, 5.41) is 9.17. The van der Waals surface area contributed by atoms with E-state index in [0.717, 1.165) is 16.5 Å². The van der Waals surface area contributed by atoms with Gasteiger partial charge >= 0.3 is 0 Å². The number of ketones is 1. The van der Waals surface area contributed by atoms with Crippen LogP contribution in [-0.4, -0.2) is 46.4 Å². The van der Waals surface area contributed by atoms with Crippen molar-refractivity contribution in [2.24, 2.45) is 5.92 Å². The minimum Gasteiger partial charge on any atom is -0.466 e. The van der Waals surface area contributed by atoms with Gasteiger partial charge in [-0.3, -0.25) is 14.4 Å². The smallest absolute Gasteiger partial charge is 0.289 e. The topological polar surface area (TPSA) is 112 Å². The molecule has 8 nitrogen and oxygen atoms in total. The van der Waals surface area contributed by atoms with Crippen LogP contribution in [0.15, 0.2) is 30.5 Å². The molecule has 2 amide bonds. The Labute approximate surface area is 173 Å². The Hall–Kier alpha value is -2.94. The number of rotatable bonds is 6. The molecule has 1 aromatic heterocycles. The first kappa shape index (κ1) is 20.8. The SMILES string of the molecule is CC(C)C(NC(=S)OCc1c[nH]c2ccccc12)C(=O)NC1CCNC(=O)C1=O. The summed E-state index contributed by atoms with van der Waals surface area (Å²) in [5.41, 5.74) is 1.96. The highest BCUT2D eigenvalue weighted by atomic mass is 32.1. The van der Waals surface area contributed by atoms with Gasteiger partial charge in [0.1, 0.15) is 12.6 Å². The molecular weight excluding hydrogens is 392 g/mol. The van der Waals surface area contributed by atoms with Crippen molar-refractivity contribution in [1.82, 2.24) is 20.9 Å². The summed E-state index contributed by atoms with van der Waals surface area (Å²) < 4.78 is 5.64. The maximum absolute atomic E-state index is 12.7. The lowest BCUT2D eigenvalue weighted by atomic mass is 10.0. The number of carbonyl (C=O) groups is 3. The van der Waals surface area contributed by atoms with Gasteiger partial charge in [-0.1, -0.05) is 32.0 Å². The predicted octanol–water partition coefficient (Wildman–Crippen LogP) is 1.16. The van der Waals surface area contributed by atoms with Crippen LogP contribution >= 0.6 is 12.2 Å². The monoisotopic (exact) mass is 416 g/mol.